The Morgan fingerprint density at radius 2 is 1.00 bits per heavy atom. The number of hydrogen-bond acceptors (Lipinski definition) is 7. The first-order valence-electron chi connectivity index (χ1n) is 3.23. The number of hydrogen-bond donors (Lipinski definition) is 0. The molecule has 0 atom stereocenters. The monoisotopic (exact) mass is 291 g/mol. The van der Waals surface area contributed by atoms with Crippen molar-refractivity contribution in [2.45, 2.75) is 0 Å². The van der Waals surface area contributed by atoms with Crippen LogP contribution in [0.1, 0.15) is 0 Å². The molecule has 0 rings (SSSR count). The normalized spacial score (nSPS) is 8.60. The van der Waals surface area contributed by atoms with E-state index in [2.05, 4.69) is 0 Å². The molecule has 15 heavy (non-hydrogen) atoms. The molecule has 0 heterocycles. The van der Waals surface area contributed by atoms with Gasteiger partial charge in [-0.05, 0) is 0 Å². The molecule has 0 aromatic heterocycles. The molecule has 0 unspecified atom stereocenters. The smallest absolute Gasteiger partial charge is 0.549 e. The van der Waals surface area contributed by atoms with Crippen LogP contribution in [-0.2, 0) is 33.9 Å². The molecular weight excluding hydrogens is 287 g/mol. The molecule has 0 N–H and O–H groups in total. The van der Waals surface area contributed by atoms with Crippen LogP contribution in [-0.4, -0.2) is 42.4 Å². The number of nitrogens with zero attached hydrogens (tertiary/aromatic N) is 1. The molecule has 0 saturated heterocycles. The Bertz CT molecular complexity index is 198. The predicted octanol–water partition coefficient (Wildman–Crippen LogP) is -8.46. The summed E-state index contributed by atoms with van der Waals surface area (Å²) >= 11 is 0. The van der Waals surface area contributed by atoms with Crippen molar-refractivity contribution in [3.8, 4) is 0 Å². The second-order valence-corrected chi connectivity index (χ2v) is 2.26. The van der Waals surface area contributed by atoms with E-state index >= 15 is 0 Å². The summed E-state index contributed by atoms with van der Waals surface area (Å²) in [5, 5.41) is 30.0. The van der Waals surface area contributed by atoms with Gasteiger partial charge >= 0.3 is 70.9 Å². The van der Waals surface area contributed by atoms with Crippen molar-refractivity contribution in [2.75, 3.05) is 19.6 Å². The Morgan fingerprint density at radius 3 is 1.13 bits per heavy atom. The van der Waals surface area contributed by atoms with Crippen LogP contribution in [0, 0.1) is 0 Å². The largest absolute Gasteiger partial charge is 2.00 e. The number of carboxylic acids is 3. The zero-order valence-electron chi connectivity index (χ0n) is 8.23. The molecule has 0 saturated carbocycles. The average molecular weight is 293 g/mol. The van der Waals surface area contributed by atoms with Crippen molar-refractivity contribution in [1.82, 2.24) is 4.90 Å². The van der Waals surface area contributed by atoms with Crippen LogP contribution in [0.25, 0.3) is 0 Å². The van der Waals surface area contributed by atoms with Crippen molar-refractivity contribution < 1.29 is 101 Å². The Hall–Kier alpha value is 0.630. The molecule has 0 aliphatic carbocycles. The maximum atomic E-state index is 9.99. The third-order valence-corrected chi connectivity index (χ3v) is 1.06. The van der Waals surface area contributed by atoms with Crippen molar-refractivity contribution in [3.63, 3.8) is 0 Å². The summed E-state index contributed by atoms with van der Waals surface area (Å²) in [5.74, 6) is -4.70. The van der Waals surface area contributed by atoms with Gasteiger partial charge in [0.1, 0.15) is 0 Å². The predicted molar refractivity (Wildman–Crippen MR) is 31.5 cm³/mol. The van der Waals surface area contributed by atoms with Crippen molar-refractivity contribution in [3.05, 3.63) is 0 Å². The van der Waals surface area contributed by atoms with Gasteiger partial charge in [-0.2, -0.15) is 0 Å². The Morgan fingerprint density at radius 1 is 0.800 bits per heavy atom. The Kier molecular flexibility index (Phi) is 15.6. The number of aliphatic carboxylic acids is 3. The molecule has 0 aromatic rings. The van der Waals surface area contributed by atoms with E-state index in [1.54, 1.807) is 0 Å². The van der Waals surface area contributed by atoms with E-state index in [1.807, 2.05) is 0 Å². The second kappa shape index (κ2) is 11.1. The van der Waals surface area contributed by atoms with Gasteiger partial charge < -0.3 is 29.7 Å². The first kappa shape index (κ1) is 21.0. The minimum atomic E-state index is -1.57. The molecule has 0 bridgehead atoms. The average Bonchev–Trinajstić information content (AvgIpc) is 1.80. The summed E-state index contributed by atoms with van der Waals surface area (Å²) in [7, 11) is 0. The molecule has 0 amide bonds. The van der Waals surface area contributed by atoms with E-state index in [9.17, 15) is 29.7 Å². The second-order valence-electron chi connectivity index (χ2n) is 2.26. The third-order valence-electron chi connectivity index (χ3n) is 1.06. The minimum absolute atomic E-state index is 0. The summed E-state index contributed by atoms with van der Waals surface area (Å²) < 4.78 is 0. The number of carboxylic acid groups (broad SMARTS) is 3. The maximum Gasteiger partial charge on any atom is 2.00 e. The summed E-state index contributed by atoms with van der Waals surface area (Å²) in [5.41, 5.74) is 0. The van der Waals surface area contributed by atoms with E-state index in [-0.39, 0.29) is 70.9 Å². The van der Waals surface area contributed by atoms with Crippen LogP contribution >= 0.6 is 0 Å². The summed E-state index contributed by atoms with van der Waals surface area (Å²) in [6.45, 7) is -2.37. The first-order chi connectivity index (χ1) is 5.91. The fraction of sp³-hybridized carbons (Fsp3) is 0.500. The van der Waals surface area contributed by atoms with Gasteiger partial charge in [-0.15, -0.1) is 0 Å². The Balaban J connectivity index is -0.000000720. The molecule has 0 aliphatic rings. The number of rotatable bonds is 6. The zero-order valence-corrected chi connectivity index (χ0v) is 14.3. The number of carbonyl (C=O) groups excluding carboxylic acids is 3. The topological polar surface area (TPSA) is 124 Å². The quantitative estimate of drug-likeness (QED) is 0.445. The van der Waals surface area contributed by atoms with Gasteiger partial charge in [0.05, 0.1) is 17.9 Å². The third kappa shape index (κ3) is 14.6. The zero-order chi connectivity index (χ0) is 10.4. The van der Waals surface area contributed by atoms with Gasteiger partial charge in [0.2, 0.25) is 0 Å². The molecular formula is C6H6KNO6Zn. The molecule has 0 spiro atoms. The molecule has 9 heteroatoms. The van der Waals surface area contributed by atoms with Crippen molar-refractivity contribution in [2.24, 2.45) is 0 Å². The van der Waals surface area contributed by atoms with E-state index in [4.69, 9.17) is 0 Å². The van der Waals surface area contributed by atoms with Gasteiger partial charge in [-0.3, -0.25) is 4.90 Å². The summed E-state index contributed by atoms with van der Waals surface area (Å²) in [6, 6.07) is 0. The van der Waals surface area contributed by atoms with E-state index < -0.39 is 37.5 Å². The molecule has 0 aromatic carbocycles. The SMILES string of the molecule is O=C([O-])CN(CC(=O)[O-])CC(=O)[O-].[K+].[Zn+2]. The van der Waals surface area contributed by atoms with Gasteiger partial charge in [-0.25, -0.2) is 0 Å². The van der Waals surface area contributed by atoms with Crippen LogP contribution in [0.3, 0.4) is 0 Å². The molecule has 7 nitrogen and oxygen atoms in total. The fourth-order valence-electron chi connectivity index (χ4n) is 0.715. The number of carbonyl (C=O) groups is 3. The van der Waals surface area contributed by atoms with E-state index in [1.165, 1.54) is 0 Å². The molecule has 0 aliphatic heterocycles. The van der Waals surface area contributed by atoms with Crippen LogP contribution in [0.15, 0.2) is 0 Å². The summed E-state index contributed by atoms with van der Waals surface area (Å²) in [4.78, 5) is 30.6. The fourth-order valence-corrected chi connectivity index (χ4v) is 0.715. The van der Waals surface area contributed by atoms with Gasteiger partial charge in [-0.1, -0.05) is 0 Å². The molecule has 74 valence electrons. The van der Waals surface area contributed by atoms with Crippen LogP contribution in [0.2, 0.25) is 0 Å². The van der Waals surface area contributed by atoms with E-state index in [0.717, 1.165) is 0 Å². The first-order valence-corrected chi connectivity index (χ1v) is 3.23. The minimum Gasteiger partial charge on any atom is -0.549 e. The van der Waals surface area contributed by atoms with Gasteiger partial charge in [0.25, 0.3) is 0 Å². The van der Waals surface area contributed by atoms with Crippen LogP contribution in [0.5, 0.6) is 0 Å². The molecule has 0 radical (unpaired) electrons. The van der Waals surface area contributed by atoms with Crippen molar-refractivity contribution >= 4 is 17.9 Å². The Labute approximate surface area is 141 Å². The van der Waals surface area contributed by atoms with Gasteiger partial charge in [0.15, 0.2) is 0 Å². The van der Waals surface area contributed by atoms with Gasteiger partial charge in [0, 0.05) is 19.6 Å². The maximum absolute atomic E-state index is 9.99. The van der Waals surface area contributed by atoms with Crippen LogP contribution < -0.4 is 66.7 Å². The molecule has 0 fully saturated rings. The van der Waals surface area contributed by atoms with Crippen molar-refractivity contribution in [1.29, 1.82) is 0 Å². The summed E-state index contributed by atoms with van der Waals surface area (Å²) in [6.07, 6.45) is 0. The standard InChI is InChI=1S/C6H9NO6.K.Zn/c8-4(9)1-7(2-5(10)11)3-6(12)13;;/h1-3H2,(H,8,9)(H,10,11)(H,12,13);;/q;+1;+2/p-3. The van der Waals surface area contributed by atoms with Crippen LogP contribution in [0.4, 0.5) is 0 Å². The van der Waals surface area contributed by atoms with E-state index in [0.29, 0.717) is 4.90 Å².